The minimum Gasteiger partial charge on any atom is -0.493 e. The summed E-state index contributed by atoms with van der Waals surface area (Å²) in [5.74, 6) is 0.384. The van der Waals surface area contributed by atoms with Crippen LogP contribution < -0.4 is 14.8 Å². The van der Waals surface area contributed by atoms with Gasteiger partial charge in [-0.25, -0.2) is 13.4 Å². The Morgan fingerprint density at radius 1 is 1.13 bits per heavy atom. The van der Waals surface area contributed by atoms with Gasteiger partial charge in [-0.3, -0.25) is 14.8 Å². The number of nitrogens with one attached hydrogen (secondary N) is 2. The standard InChI is InChI=1S/C21H23N3O4S2/c1-3-12-30(26,27)24-16-9-7-8-15(13-16)20(25)23-21-22-18(14-29-21)17-10-5-6-11-19(17)28-4-2/h5-11,13-14,24H,3-4,12H2,1-2H3,(H,22,23,25). The maximum absolute atomic E-state index is 12.6. The van der Waals surface area contributed by atoms with Gasteiger partial charge in [-0.1, -0.05) is 25.1 Å². The van der Waals surface area contributed by atoms with E-state index >= 15 is 0 Å². The van der Waals surface area contributed by atoms with Crippen molar-refractivity contribution < 1.29 is 17.9 Å². The Bertz CT molecular complexity index is 1130. The summed E-state index contributed by atoms with van der Waals surface area (Å²) in [6.07, 6.45) is 0.508. The number of rotatable bonds is 9. The van der Waals surface area contributed by atoms with Gasteiger partial charge in [0.25, 0.3) is 5.91 Å². The molecule has 0 atom stereocenters. The van der Waals surface area contributed by atoms with Crippen LogP contribution in [0.3, 0.4) is 0 Å². The maximum Gasteiger partial charge on any atom is 0.257 e. The van der Waals surface area contributed by atoms with Crippen molar-refractivity contribution >= 4 is 38.1 Å². The molecule has 3 rings (SSSR count). The largest absolute Gasteiger partial charge is 0.493 e. The van der Waals surface area contributed by atoms with Crippen molar-refractivity contribution in [2.24, 2.45) is 0 Å². The molecule has 0 radical (unpaired) electrons. The zero-order chi connectivity index (χ0) is 21.6. The molecule has 1 aromatic heterocycles. The van der Waals surface area contributed by atoms with Crippen LogP contribution in [0, 0.1) is 0 Å². The molecule has 30 heavy (non-hydrogen) atoms. The Morgan fingerprint density at radius 2 is 1.93 bits per heavy atom. The number of ether oxygens (including phenoxy) is 1. The van der Waals surface area contributed by atoms with Crippen LogP contribution in [-0.4, -0.2) is 31.7 Å². The molecule has 9 heteroatoms. The predicted octanol–water partition coefficient (Wildman–Crippen LogP) is 4.61. The Labute approximate surface area is 180 Å². The lowest BCUT2D eigenvalue weighted by Gasteiger charge is -2.09. The Kier molecular flexibility index (Phi) is 7.07. The predicted molar refractivity (Wildman–Crippen MR) is 121 cm³/mol. The molecule has 0 spiro atoms. The van der Waals surface area contributed by atoms with E-state index in [0.29, 0.717) is 35.1 Å². The van der Waals surface area contributed by atoms with E-state index in [-0.39, 0.29) is 11.7 Å². The van der Waals surface area contributed by atoms with Crippen LogP contribution in [0.4, 0.5) is 10.8 Å². The summed E-state index contributed by atoms with van der Waals surface area (Å²) in [7, 11) is -3.43. The van der Waals surface area contributed by atoms with Gasteiger partial charge in [-0.05, 0) is 43.7 Å². The number of amides is 1. The third-order valence-electron chi connectivity index (χ3n) is 4.06. The monoisotopic (exact) mass is 445 g/mol. The summed E-state index contributed by atoms with van der Waals surface area (Å²) in [5, 5.41) is 5.06. The van der Waals surface area contributed by atoms with Crippen molar-refractivity contribution in [1.29, 1.82) is 0 Å². The zero-order valence-corrected chi connectivity index (χ0v) is 18.3. The Balaban J connectivity index is 1.74. The van der Waals surface area contributed by atoms with Gasteiger partial charge in [0.2, 0.25) is 10.0 Å². The van der Waals surface area contributed by atoms with Crippen molar-refractivity contribution in [3.05, 3.63) is 59.5 Å². The van der Waals surface area contributed by atoms with E-state index in [4.69, 9.17) is 4.74 Å². The molecule has 7 nitrogen and oxygen atoms in total. The molecule has 2 aromatic carbocycles. The fourth-order valence-corrected chi connectivity index (χ4v) is 4.64. The summed E-state index contributed by atoms with van der Waals surface area (Å²) in [5.41, 5.74) is 2.24. The number of carbonyl (C=O) groups excluding carboxylic acids is 1. The first kappa shape index (κ1) is 21.8. The first-order chi connectivity index (χ1) is 14.4. The molecule has 0 saturated carbocycles. The second-order valence-electron chi connectivity index (χ2n) is 6.42. The van der Waals surface area contributed by atoms with Gasteiger partial charge in [0, 0.05) is 22.2 Å². The van der Waals surface area contributed by atoms with E-state index in [1.807, 2.05) is 36.6 Å². The number of hydrogen-bond acceptors (Lipinski definition) is 6. The average Bonchev–Trinajstić information content (AvgIpc) is 3.16. The molecule has 0 saturated heterocycles. The Hall–Kier alpha value is -2.91. The van der Waals surface area contributed by atoms with E-state index in [1.54, 1.807) is 25.1 Å². The summed E-state index contributed by atoms with van der Waals surface area (Å²) >= 11 is 1.30. The van der Waals surface area contributed by atoms with Crippen molar-refractivity contribution in [3.8, 4) is 17.0 Å². The summed E-state index contributed by atoms with van der Waals surface area (Å²) < 4.78 is 32.0. The number of thiazole rings is 1. The fraction of sp³-hybridized carbons (Fsp3) is 0.238. The van der Waals surface area contributed by atoms with E-state index in [1.165, 1.54) is 17.4 Å². The number of benzene rings is 2. The number of nitrogens with zero attached hydrogens (tertiary/aromatic N) is 1. The SMILES string of the molecule is CCCS(=O)(=O)Nc1cccc(C(=O)Nc2nc(-c3ccccc3OCC)cs2)c1. The first-order valence-corrected chi connectivity index (χ1v) is 12.0. The van der Waals surface area contributed by atoms with Crippen LogP contribution in [0.2, 0.25) is 0 Å². The lowest BCUT2D eigenvalue weighted by Crippen LogP contribution is -2.17. The minimum atomic E-state index is -3.43. The van der Waals surface area contributed by atoms with Gasteiger partial charge in [0.15, 0.2) is 5.13 Å². The normalized spacial score (nSPS) is 11.1. The van der Waals surface area contributed by atoms with Gasteiger partial charge in [0.05, 0.1) is 18.1 Å². The van der Waals surface area contributed by atoms with Gasteiger partial charge in [-0.2, -0.15) is 0 Å². The van der Waals surface area contributed by atoms with E-state index < -0.39 is 10.0 Å². The van der Waals surface area contributed by atoms with Crippen LogP contribution >= 0.6 is 11.3 Å². The molecule has 1 amide bonds. The third kappa shape index (κ3) is 5.58. The molecular weight excluding hydrogens is 422 g/mol. The van der Waals surface area contributed by atoms with E-state index in [0.717, 1.165) is 11.3 Å². The highest BCUT2D eigenvalue weighted by molar-refractivity contribution is 7.92. The van der Waals surface area contributed by atoms with Crippen molar-refractivity contribution in [2.75, 3.05) is 22.4 Å². The van der Waals surface area contributed by atoms with Gasteiger partial charge in [0.1, 0.15) is 5.75 Å². The number of sulfonamides is 1. The molecule has 0 aliphatic carbocycles. The summed E-state index contributed by atoms with van der Waals surface area (Å²) in [6.45, 7) is 4.25. The quantitative estimate of drug-likeness (QED) is 0.501. The molecule has 2 N–H and O–H groups in total. The molecule has 0 aliphatic rings. The topological polar surface area (TPSA) is 97.4 Å². The van der Waals surface area contributed by atoms with E-state index in [9.17, 15) is 13.2 Å². The van der Waals surface area contributed by atoms with Crippen LogP contribution in [-0.2, 0) is 10.0 Å². The maximum atomic E-state index is 12.6. The number of para-hydroxylation sites is 1. The van der Waals surface area contributed by atoms with Crippen LogP contribution in [0.5, 0.6) is 5.75 Å². The lowest BCUT2D eigenvalue weighted by molar-refractivity contribution is 0.102. The molecule has 0 fully saturated rings. The molecule has 158 valence electrons. The molecule has 0 bridgehead atoms. The number of carbonyl (C=O) groups is 1. The van der Waals surface area contributed by atoms with Gasteiger partial charge in [-0.15, -0.1) is 11.3 Å². The van der Waals surface area contributed by atoms with E-state index in [2.05, 4.69) is 15.0 Å². The number of aromatic nitrogens is 1. The number of anilines is 2. The zero-order valence-electron chi connectivity index (χ0n) is 16.7. The van der Waals surface area contributed by atoms with Crippen LogP contribution in [0.15, 0.2) is 53.9 Å². The second kappa shape index (κ2) is 9.73. The highest BCUT2D eigenvalue weighted by atomic mass is 32.2. The van der Waals surface area contributed by atoms with Gasteiger partial charge >= 0.3 is 0 Å². The fourth-order valence-electron chi connectivity index (χ4n) is 2.81. The van der Waals surface area contributed by atoms with Crippen molar-refractivity contribution in [1.82, 2.24) is 4.98 Å². The van der Waals surface area contributed by atoms with Crippen LogP contribution in [0.1, 0.15) is 30.6 Å². The summed E-state index contributed by atoms with van der Waals surface area (Å²) in [6, 6.07) is 13.9. The highest BCUT2D eigenvalue weighted by Gasteiger charge is 2.14. The third-order valence-corrected chi connectivity index (χ3v) is 6.31. The average molecular weight is 446 g/mol. The second-order valence-corrected chi connectivity index (χ2v) is 9.12. The van der Waals surface area contributed by atoms with Crippen molar-refractivity contribution in [2.45, 2.75) is 20.3 Å². The molecule has 0 unspecified atom stereocenters. The highest BCUT2D eigenvalue weighted by Crippen LogP contribution is 2.32. The van der Waals surface area contributed by atoms with Crippen LogP contribution in [0.25, 0.3) is 11.3 Å². The molecule has 3 aromatic rings. The first-order valence-electron chi connectivity index (χ1n) is 9.51. The molecular formula is C21H23N3O4S2. The molecule has 1 heterocycles. The van der Waals surface area contributed by atoms with Crippen molar-refractivity contribution in [3.63, 3.8) is 0 Å². The minimum absolute atomic E-state index is 0.0224. The smallest absolute Gasteiger partial charge is 0.257 e. The lowest BCUT2D eigenvalue weighted by atomic mass is 10.1. The summed E-state index contributed by atoms with van der Waals surface area (Å²) in [4.78, 5) is 17.1. The molecule has 0 aliphatic heterocycles. The Morgan fingerprint density at radius 3 is 2.70 bits per heavy atom. The van der Waals surface area contributed by atoms with Gasteiger partial charge < -0.3 is 4.74 Å². The number of hydrogen-bond donors (Lipinski definition) is 2.